The first kappa shape index (κ1) is 13.2. The van der Waals surface area contributed by atoms with Gasteiger partial charge >= 0.3 is 0 Å². The summed E-state index contributed by atoms with van der Waals surface area (Å²) in [6.45, 7) is 6.75. The Morgan fingerprint density at radius 2 is 2.31 bits per heavy atom. The molecule has 1 aromatic heterocycles. The number of nitrogens with zero attached hydrogens (tertiary/aromatic N) is 2. The van der Waals surface area contributed by atoms with Crippen molar-refractivity contribution in [3.8, 4) is 0 Å². The highest BCUT2D eigenvalue weighted by Crippen LogP contribution is 2.15. The van der Waals surface area contributed by atoms with E-state index in [-0.39, 0.29) is 0 Å². The Bertz CT molecular complexity index is 286. The van der Waals surface area contributed by atoms with Crippen molar-refractivity contribution in [2.24, 2.45) is 7.05 Å². The van der Waals surface area contributed by atoms with E-state index in [9.17, 15) is 0 Å². The smallest absolute Gasteiger partial charge is 0.125 e. The predicted molar refractivity (Wildman–Crippen MR) is 65.4 cm³/mol. The summed E-state index contributed by atoms with van der Waals surface area (Å²) < 4.78 is 7.43. The molecule has 1 heterocycles. The van der Waals surface area contributed by atoms with Crippen LogP contribution in [0.25, 0.3) is 0 Å². The van der Waals surface area contributed by atoms with Gasteiger partial charge in [-0.25, -0.2) is 4.98 Å². The topological polar surface area (TPSA) is 39.1 Å². The predicted octanol–water partition coefficient (Wildman–Crippen LogP) is 1.89. The molecule has 0 saturated carbocycles. The maximum absolute atomic E-state index is 5.35. The molecule has 0 amide bonds. The van der Waals surface area contributed by atoms with Crippen LogP contribution in [0.2, 0.25) is 0 Å². The summed E-state index contributed by atoms with van der Waals surface area (Å²) in [5, 5.41) is 3.46. The number of aromatic nitrogens is 2. The average Bonchev–Trinajstić information content (AvgIpc) is 2.69. The van der Waals surface area contributed by atoms with Crippen LogP contribution in [0.5, 0.6) is 0 Å². The van der Waals surface area contributed by atoms with E-state index < -0.39 is 0 Å². The molecule has 1 unspecified atom stereocenters. The number of aryl methyl sites for hydroxylation is 1. The molecule has 4 nitrogen and oxygen atoms in total. The molecule has 0 aliphatic heterocycles. The molecule has 16 heavy (non-hydrogen) atoms. The molecule has 4 heteroatoms. The van der Waals surface area contributed by atoms with Gasteiger partial charge < -0.3 is 14.6 Å². The molecular weight excluding hydrogens is 202 g/mol. The van der Waals surface area contributed by atoms with Crippen molar-refractivity contribution in [1.29, 1.82) is 0 Å². The minimum Gasteiger partial charge on any atom is -0.382 e. The van der Waals surface area contributed by atoms with Crippen LogP contribution in [0.15, 0.2) is 12.4 Å². The third-order valence-electron chi connectivity index (χ3n) is 2.61. The molecule has 1 rings (SSSR count). The lowest BCUT2D eigenvalue weighted by atomic mass is 10.1. The van der Waals surface area contributed by atoms with Crippen molar-refractivity contribution in [3.05, 3.63) is 18.2 Å². The Morgan fingerprint density at radius 1 is 1.50 bits per heavy atom. The summed E-state index contributed by atoms with van der Waals surface area (Å²) in [5.74, 6) is 1.11. The summed E-state index contributed by atoms with van der Waals surface area (Å²) in [6, 6.07) is 0.338. The van der Waals surface area contributed by atoms with Gasteiger partial charge in [0.25, 0.3) is 0 Å². The Hall–Kier alpha value is -0.870. The standard InChI is InChI=1S/C12H23N3O/c1-4-13-11(7-6-10-16-5-2)12-14-8-9-15(12)3/h8-9,11,13H,4-7,10H2,1-3H3. The Labute approximate surface area is 98.0 Å². The van der Waals surface area contributed by atoms with Crippen molar-refractivity contribution in [3.63, 3.8) is 0 Å². The van der Waals surface area contributed by atoms with E-state index in [1.165, 1.54) is 0 Å². The van der Waals surface area contributed by atoms with Crippen molar-refractivity contribution >= 4 is 0 Å². The van der Waals surface area contributed by atoms with Crippen molar-refractivity contribution in [2.45, 2.75) is 32.7 Å². The van der Waals surface area contributed by atoms with Gasteiger partial charge in [0.05, 0.1) is 6.04 Å². The fourth-order valence-corrected chi connectivity index (χ4v) is 1.82. The van der Waals surface area contributed by atoms with Gasteiger partial charge in [-0.2, -0.15) is 0 Å². The van der Waals surface area contributed by atoms with E-state index in [2.05, 4.69) is 21.8 Å². The Balaban J connectivity index is 2.45. The molecule has 1 aromatic rings. The second-order valence-electron chi connectivity index (χ2n) is 3.85. The molecule has 0 spiro atoms. The number of hydrogen-bond donors (Lipinski definition) is 1. The highest BCUT2D eigenvalue weighted by molar-refractivity contribution is 4.98. The van der Waals surface area contributed by atoms with Gasteiger partial charge in [0, 0.05) is 32.7 Å². The molecular formula is C12H23N3O. The van der Waals surface area contributed by atoms with Crippen molar-refractivity contribution < 1.29 is 4.74 Å². The quantitative estimate of drug-likeness (QED) is 0.687. The number of hydrogen-bond acceptors (Lipinski definition) is 3. The molecule has 1 N–H and O–H groups in total. The highest BCUT2D eigenvalue weighted by Gasteiger charge is 2.13. The normalized spacial score (nSPS) is 12.9. The molecule has 0 aromatic carbocycles. The van der Waals surface area contributed by atoms with Crippen LogP contribution in [0.1, 0.15) is 38.6 Å². The van der Waals surface area contributed by atoms with Gasteiger partial charge in [-0.05, 0) is 26.3 Å². The molecule has 0 radical (unpaired) electrons. The van der Waals surface area contributed by atoms with Gasteiger partial charge in [-0.15, -0.1) is 0 Å². The second-order valence-corrected chi connectivity index (χ2v) is 3.85. The van der Waals surface area contributed by atoms with E-state index in [0.717, 1.165) is 38.4 Å². The number of ether oxygens (including phenoxy) is 1. The largest absolute Gasteiger partial charge is 0.382 e. The summed E-state index contributed by atoms with van der Waals surface area (Å²) in [6.07, 6.45) is 5.97. The average molecular weight is 225 g/mol. The lowest BCUT2D eigenvalue weighted by Crippen LogP contribution is -2.24. The highest BCUT2D eigenvalue weighted by atomic mass is 16.5. The second kappa shape index (κ2) is 7.41. The molecule has 0 fully saturated rings. The van der Waals surface area contributed by atoms with E-state index in [0.29, 0.717) is 6.04 Å². The summed E-state index contributed by atoms with van der Waals surface area (Å²) >= 11 is 0. The fourth-order valence-electron chi connectivity index (χ4n) is 1.82. The van der Waals surface area contributed by atoms with Gasteiger partial charge in [-0.3, -0.25) is 0 Å². The first-order valence-electron chi connectivity index (χ1n) is 6.07. The molecule has 0 aliphatic rings. The molecule has 1 atom stereocenters. The molecule has 0 saturated heterocycles. The van der Waals surface area contributed by atoms with Crippen LogP contribution in [-0.4, -0.2) is 29.3 Å². The summed E-state index contributed by atoms with van der Waals surface area (Å²) in [7, 11) is 2.04. The van der Waals surface area contributed by atoms with Crippen LogP contribution < -0.4 is 5.32 Å². The van der Waals surface area contributed by atoms with Crippen LogP contribution in [0, 0.1) is 0 Å². The van der Waals surface area contributed by atoms with Gasteiger partial charge in [0.1, 0.15) is 5.82 Å². The monoisotopic (exact) mass is 225 g/mol. The maximum atomic E-state index is 5.35. The Morgan fingerprint density at radius 3 is 2.88 bits per heavy atom. The van der Waals surface area contributed by atoms with Crippen LogP contribution in [0.4, 0.5) is 0 Å². The van der Waals surface area contributed by atoms with Crippen molar-refractivity contribution in [1.82, 2.24) is 14.9 Å². The van der Waals surface area contributed by atoms with E-state index in [1.807, 2.05) is 26.4 Å². The zero-order chi connectivity index (χ0) is 11.8. The van der Waals surface area contributed by atoms with Gasteiger partial charge in [0.15, 0.2) is 0 Å². The zero-order valence-electron chi connectivity index (χ0n) is 10.6. The maximum Gasteiger partial charge on any atom is 0.125 e. The van der Waals surface area contributed by atoms with Crippen LogP contribution in [0.3, 0.4) is 0 Å². The fraction of sp³-hybridized carbons (Fsp3) is 0.750. The van der Waals surface area contributed by atoms with E-state index in [4.69, 9.17) is 4.74 Å². The number of nitrogens with one attached hydrogen (secondary N) is 1. The van der Waals surface area contributed by atoms with Crippen molar-refractivity contribution in [2.75, 3.05) is 19.8 Å². The number of imidazole rings is 1. The SMILES string of the molecule is CCNC(CCCOCC)c1nccn1C. The van der Waals surface area contributed by atoms with Crippen LogP contribution in [-0.2, 0) is 11.8 Å². The number of rotatable bonds is 8. The third kappa shape index (κ3) is 3.94. The minimum atomic E-state index is 0.338. The van der Waals surface area contributed by atoms with E-state index in [1.54, 1.807) is 0 Å². The first-order valence-corrected chi connectivity index (χ1v) is 6.07. The summed E-state index contributed by atoms with van der Waals surface area (Å²) in [5.41, 5.74) is 0. The minimum absolute atomic E-state index is 0.338. The molecule has 0 bridgehead atoms. The molecule has 0 aliphatic carbocycles. The zero-order valence-corrected chi connectivity index (χ0v) is 10.6. The van der Waals surface area contributed by atoms with E-state index >= 15 is 0 Å². The summed E-state index contributed by atoms with van der Waals surface area (Å²) in [4.78, 5) is 4.39. The first-order chi connectivity index (χ1) is 7.79. The molecule has 92 valence electrons. The third-order valence-corrected chi connectivity index (χ3v) is 2.61. The van der Waals surface area contributed by atoms with Gasteiger partial charge in [-0.1, -0.05) is 6.92 Å². The lowest BCUT2D eigenvalue weighted by Gasteiger charge is -2.17. The lowest BCUT2D eigenvalue weighted by molar-refractivity contribution is 0.140. The Kier molecular flexibility index (Phi) is 6.11. The van der Waals surface area contributed by atoms with Crippen LogP contribution >= 0.6 is 0 Å². The van der Waals surface area contributed by atoms with Gasteiger partial charge in [0.2, 0.25) is 0 Å².